The first-order valence-corrected chi connectivity index (χ1v) is 7.58. The fraction of sp³-hybridized carbons (Fsp3) is 0.929. The van der Waals surface area contributed by atoms with Crippen LogP contribution in [0.2, 0.25) is 0 Å². The Hall–Kier alpha value is 0.0719. The van der Waals surface area contributed by atoms with Gasteiger partial charge in [0, 0.05) is 44.0 Å². The van der Waals surface area contributed by atoms with Crippen molar-refractivity contribution >= 4 is 0 Å². The van der Waals surface area contributed by atoms with Crippen molar-refractivity contribution in [2.75, 3.05) is 0 Å². The maximum atomic E-state index is 13.8. The molecule has 0 aromatic heterocycles. The Morgan fingerprint density at radius 1 is 0.517 bits per heavy atom. The molecule has 29 heavy (non-hydrogen) atoms. The molecule has 0 aliphatic heterocycles. The third kappa shape index (κ3) is 7.32. The van der Waals surface area contributed by atoms with Gasteiger partial charge >= 0.3 is 24.7 Å². The molecule has 0 radical (unpaired) electrons. The third-order valence-corrected chi connectivity index (χ3v) is 4.05. The van der Waals surface area contributed by atoms with E-state index in [2.05, 4.69) is 6.92 Å². The topological polar surface area (TPSA) is 0 Å². The van der Waals surface area contributed by atoms with Crippen molar-refractivity contribution in [3.63, 3.8) is 0 Å². The van der Waals surface area contributed by atoms with Gasteiger partial charge < -0.3 is 6.92 Å². The predicted octanol–water partition coefficient (Wildman–Crippen LogP) is 7.44. The maximum Gasteiger partial charge on any atom is 0.431 e. The van der Waals surface area contributed by atoms with Crippen molar-refractivity contribution < 1.29 is 92.6 Å². The molecule has 0 bridgehead atoms. The molecular weight excluding hydrogens is 672 g/mol. The summed E-state index contributed by atoms with van der Waals surface area (Å²) in [4.78, 5) is 0. The van der Waals surface area contributed by atoms with Gasteiger partial charge in [-0.05, 0) is 5.92 Å². The average molecular weight is 687 g/mol. The number of halogens is 14. The van der Waals surface area contributed by atoms with Crippen molar-refractivity contribution in [1.29, 1.82) is 0 Å². The second-order valence-corrected chi connectivity index (χ2v) is 6.22. The molecule has 0 aliphatic rings. The summed E-state index contributed by atoms with van der Waals surface area (Å²) in [7, 11) is 0. The Bertz CT molecular complexity index is 419. The number of alkyl halides is 14. The third-order valence-electron chi connectivity index (χ3n) is 4.05. The van der Waals surface area contributed by atoms with Crippen molar-refractivity contribution in [3.8, 4) is 0 Å². The minimum Gasteiger partial charge on any atom is -0.343 e. The molecule has 0 unspecified atom stereocenters. The van der Waals surface area contributed by atoms with Crippen LogP contribution in [0.1, 0.15) is 38.5 Å². The average Bonchev–Trinajstić information content (AvgIpc) is 2.42. The quantitative estimate of drug-likeness (QED) is 0.142. The summed E-state index contributed by atoms with van der Waals surface area (Å²) in [5, 5.41) is 0. The molecule has 0 spiro atoms. The van der Waals surface area contributed by atoms with Crippen LogP contribution in [0.4, 0.5) is 61.5 Å². The van der Waals surface area contributed by atoms with E-state index in [0.717, 1.165) is 0 Å². The van der Waals surface area contributed by atoms with Crippen molar-refractivity contribution in [3.05, 3.63) is 6.92 Å². The van der Waals surface area contributed by atoms with Gasteiger partial charge in [0.15, 0.2) is 0 Å². The van der Waals surface area contributed by atoms with Crippen LogP contribution in [0.3, 0.4) is 0 Å². The largest absolute Gasteiger partial charge is 0.431 e. The fourth-order valence-corrected chi connectivity index (χ4v) is 2.47. The molecule has 0 nitrogen and oxygen atoms in total. The molecule has 0 atom stereocenters. The van der Waals surface area contributed by atoms with Crippen LogP contribution in [0.25, 0.3) is 0 Å². The van der Waals surface area contributed by atoms with Crippen LogP contribution < -0.4 is 0 Å². The molecule has 0 fully saturated rings. The molecule has 0 N–H and O–H groups in total. The molecule has 0 aromatic rings. The van der Waals surface area contributed by atoms with E-state index in [1.807, 2.05) is 0 Å². The Morgan fingerprint density at radius 2 is 0.793 bits per heavy atom. The number of hydrogen-bond acceptors (Lipinski definition) is 0. The van der Waals surface area contributed by atoms with Gasteiger partial charge in [-0.2, -0.15) is 59.1 Å². The zero-order chi connectivity index (χ0) is 22.8. The predicted molar refractivity (Wildman–Crippen MR) is 68.4 cm³/mol. The van der Waals surface area contributed by atoms with E-state index < -0.39 is 67.6 Å². The van der Waals surface area contributed by atoms with Crippen LogP contribution >= 0.6 is 0 Å². The minimum atomic E-state index is -6.69. The summed E-state index contributed by atoms with van der Waals surface area (Å²) in [6.07, 6.45) is -34.2. The first kappa shape index (κ1) is 31.3. The Morgan fingerprint density at radius 3 is 1.00 bits per heavy atom. The van der Waals surface area contributed by atoms with Gasteiger partial charge in [-0.1, -0.05) is 19.3 Å². The zero-order valence-electron chi connectivity index (χ0n) is 14.3. The van der Waals surface area contributed by atoms with E-state index in [4.69, 9.17) is 0 Å². The molecule has 174 valence electrons. The first-order valence-electron chi connectivity index (χ1n) is 7.58. The molecule has 0 aliphatic carbocycles. The van der Waals surface area contributed by atoms with Crippen molar-refractivity contribution in [2.45, 2.75) is 74.6 Å². The Balaban J connectivity index is 0. The summed E-state index contributed by atoms with van der Waals surface area (Å²) < 4.78 is 179. The van der Waals surface area contributed by atoms with Gasteiger partial charge in [-0.15, -0.1) is 0 Å². The van der Waals surface area contributed by atoms with Gasteiger partial charge in [0.05, 0.1) is 0 Å². The van der Waals surface area contributed by atoms with Gasteiger partial charge in [0.25, 0.3) is 11.3 Å². The van der Waals surface area contributed by atoms with E-state index in [0.29, 0.717) is 0 Å². The molecule has 0 heterocycles. The number of hydrogen-bond donors (Lipinski definition) is 0. The van der Waals surface area contributed by atoms with Gasteiger partial charge in [0.2, 0.25) is 0 Å². The molecule has 0 rings (SSSR count). The summed E-state index contributed by atoms with van der Waals surface area (Å²) >= 11 is 0. The first-order chi connectivity index (χ1) is 12.1. The van der Waals surface area contributed by atoms with Gasteiger partial charge in [-0.3, -0.25) is 0 Å². The second kappa shape index (κ2) is 10.1. The molecule has 0 saturated carbocycles. The van der Waals surface area contributed by atoms with E-state index in [-0.39, 0.29) is 44.0 Å². The molecule has 0 amide bonds. The van der Waals surface area contributed by atoms with Crippen LogP contribution in [-0.2, 0) is 0 Å². The van der Waals surface area contributed by atoms with E-state index in [9.17, 15) is 61.5 Å². The fourth-order valence-electron chi connectivity index (χ4n) is 2.47. The smallest absolute Gasteiger partial charge is 0.343 e. The molecule has 15 heteroatoms. The maximum absolute atomic E-state index is 13.8. The minimum absolute atomic E-state index is 0. The summed E-state index contributed by atoms with van der Waals surface area (Å²) in [6.45, 7) is 3.22. The van der Waals surface area contributed by atoms with Crippen molar-refractivity contribution in [1.82, 2.24) is 0 Å². The van der Waals surface area contributed by atoms with E-state index in [1.54, 1.807) is 0 Å². The standard InChI is InChI=1S/C14H15F14.U/c1-2-3-4-5-8(6-9(15,11(17,18)19)12(20,21)22)7-10(16,13(23,24)25)14(26,27)28;/h8H,1-7H2;/q-1;. The summed E-state index contributed by atoms with van der Waals surface area (Å²) in [6, 6.07) is 0. The SMILES string of the molecule is [CH2-]CCCCC(CC(F)(C(F)(F)F)C(F)(F)F)CC(F)(C(F)(F)F)C(F)(F)F.[U]. The molecular formula is C14H15F14U-. The Kier molecular flexibility index (Phi) is 10.9. The molecule has 0 saturated heterocycles. The van der Waals surface area contributed by atoms with Crippen LogP contribution in [0, 0.1) is 44.0 Å². The van der Waals surface area contributed by atoms with Gasteiger partial charge in [0.1, 0.15) is 0 Å². The van der Waals surface area contributed by atoms with Crippen molar-refractivity contribution in [2.24, 2.45) is 5.92 Å². The number of unbranched alkanes of at least 4 members (excludes halogenated alkanes) is 2. The van der Waals surface area contributed by atoms with Crippen LogP contribution in [0.5, 0.6) is 0 Å². The summed E-state index contributed by atoms with van der Waals surface area (Å²) in [5.74, 6) is -2.87. The monoisotopic (exact) mass is 687 g/mol. The second-order valence-electron chi connectivity index (χ2n) is 6.22. The number of rotatable bonds is 8. The zero-order valence-corrected chi connectivity index (χ0v) is 18.5. The van der Waals surface area contributed by atoms with Crippen LogP contribution in [-0.4, -0.2) is 36.0 Å². The van der Waals surface area contributed by atoms with E-state index in [1.165, 1.54) is 0 Å². The Labute approximate surface area is 180 Å². The van der Waals surface area contributed by atoms with Gasteiger partial charge in [-0.25, -0.2) is 8.78 Å². The van der Waals surface area contributed by atoms with E-state index >= 15 is 0 Å². The normalized spacial score (nSPS) is 14.9. The summed E-state index contributed by atoms with van der Waals surface area (Å²) in [5.41, 5.74) is -12.2. The van der Waals surface area contributed by atoms with Crippen LogP contribution in [0.15, 0.2) is 0 Å². The molecule has 0 aromatic carbocycles.